The number of rotatable bonds is 4. The van der Waals surface area contributed by atoms with E-state index in [9.17, 15) is 4.79 Å². The number of nitrogen functional groups attached to an aromatic ring is 1. The van der Waals surface area contributed by atoms with Gasteiger partial charge in [0.1, 0.15) is 4.88 Å². The Balaban J connectivity index is 2.14. The molecule has 1 amide bonds. The fourth-order valence-electron chi connectivity index (χ4n) is 1.70. The number of aromatic nitrogens is 1. The molecule has 0 saturated carbocycles. The summed E-state index contributed by atoms with van der Waals surface area (Å²) in [5.74, 6) is -0.162. The molecule has 1 atom stereocenters. The predicted octanol–water partition coefficient (Wildman–Crippen LogP) is 2.26. The van der Waals surface area contributed by atoms with E-state index >= 15 is 0 Å². The third kappa shape index (κ3) is 3.03. The Morgan fingerprint density at radius 1 is 1.53 bits per heavy atom. The molecule has 0 saturated heterocycles. The molecule has 19 heavy (non-hydrogen) atoms. The number of hydrogen-bond acceptors (Lipinski definition) is 5. The molecule has 4 N–H and O–H groups in total. The fraction of sp³-hybridized carbons (Fsp3) is 0.231. The molecule has 2 heterocycles. The number of hydrogen-bond donors (Lipinski definition) is 3. The van der Waals surface area contributed by atoms with Crippen LogP contribution in [0.5, 0.6) is 0 Å². The van der Waals surface area contributed by atoms with E-state index in [4.69, 9.17) is 5.73 Å². The van der Waals surface area contributed by atoms with Gasteiger partial charge in [-0.1, -0.05) is 6.07 Å². The van der Waals surface area contributed by atoms with Crippen molar-refractivity contribution in [2.45, 2.75) is 13.0 Å². The smallest absolute Gasteiger partial charge is 0.263 e. The van der Waals surface area contributed by atoms with Gasteiger partial charge in [0.15, 0.2) is 0 Å². The molecule has 0 bridgehead atoms. The molecule has 2 aromatic heterocycles. The molecule has 2 rings (SSSR count). The van der Waals surface area contributed by atoms with Gasteiger partial charge in [-0.25, -0.2) is 0 Å². The van der Waals surface area contributed by atoms with Gasteiger partial charge in [-0.15, -0.1) is 11.3 Å². The first-order chi connectivity index (χ1) is 9.11. The number of anilines is 2. The fourth-order valence-corrected chi connectivity index (χ4v) is 2.71. The molecular formula is C13H16N4OS. The summed E-state index contributed by atoms with van der Waals surface area (Å²) in [5.41, 5.74) is 7.40. The topological polar surface area (TPSA) is 80.0 Å². The quantitative estimate of drug-likeness (QED) is 0.800. The third-order valence-corrected chi connectivity index (χ3v) is 3.82. The highest BCUT2D eigenvalue weighted by molar-refractivity contribution is 7.18. The molecular weight excluding hydrogens is 260 g/mol. The molecule has 0 fully saturated rings. The van der Waals surface area contributed by atoms with Crippen molar-refractivity contribution in [3.63, 3.8) is 0 Å². The SMILES string of the molecule is CNC(=O)c1sc(NC(C)c2cccnc2)cc1N. The normalized spacial score (nSPS) is 11.9. The average molecular weight is 276 g/mol. The first-order valence-electron chi connectivity index (χ1n) is 5.89. The van der Waals surface area contributed by atoms with Crippen molar-refractivity contribution in [1.29, 1.82) is 0 Å². The molecule has 0 radical (unpaired) electrons. The molecule has 0 spiro atoms. The van der Waals surface area contributed by atoms with E-state index in [1.807, 2.05) is 25.3 Å². The van der Waals surface area contributed by atoms with E-state index in [0.717, 1.165) is 10.6 Å². The van der Waals surface area contributed by atoms with E-state index in [2.05, 4.69) is 15.6 Å². The summed E-state index contributed by atoms with van der Waals surface area (Å²) >= 11 is 1.35. The Hall–Kier alpha value is -2.08. The minimum Gasteiger partial charge on any atom is -0.397 e. The molecule has 0 aliphatic rings. The molecule has 1 unspecified atom stereocenters. The van der Waals surface area contributed by atoms with Crippen LogP contribution in [-0.2, 0) is 0 Å². The summed E-state index contributed by atoms with van der Waals surface area (Å²) in [6, 6.07) is 5.78. The molecule has 2 aromatic rings. The number of nitrogens with one attached hydrogen (secondary N) is 2. The predicted molar refractivity (Wildman–Crippen MR) is 78.4 cm³/mol. The summed E-state index contributed by atoms with van der Waals surface area (Å²) in [4.78, 5) is 16.2. The second-order valence-electron chi connectivity index (χ2n) is 4.13. The minimum absolute atomic E-state index is 0.101. The van der Waals surface area contributed by atoms with Gasteiger partial charge in [0, 0.05) is 19.4 Å². The van der Waals surface area contributed by atoms with Crippen molar-refractivity contribution in [3.05, 3.63) is 41.0 Å². The number of carbonyl (C=O) groups excluding carboxylic acids is 1. The lowest BCUT2D eigenvalue weighted by molar-refractivity contribution is 0.0968. The standard InChI is InChI=1S/C13H16N4OS/c1-8(9-4-3-5-16-7-9)17-11-6-10(14)12(19-11)13(18)15-2/h3-8,17H,14H2,1-2H3,(H,15,18). The number of carbonyl (C=O) groups is 1. The molecule has 0 aliphatic heterocycles. The third-order valence-electron chi connectivity index (χ3n) is 2.74. The first kappa shape index (κ1) is 13.4. The summed E-state index contributed by atoms with van der Waals surface area (Å²) < 4.78 is 0. The monoisotopic (exact) mass is 276 g/mol. The van der Waals surface area contributed by atoms with Crippen LogP contribution in [0.25, 0.3) is 0 Å². The van der Waals surface area contributed by atoms with Gasteiger partial charge in [0.05, 0.1) is 16.7 Å². The van der Waals surface area contributed by atoms with Crippen LogP contribution in [0.3, 0.4) is 0 Å². The van der Waals surface area contributed by atoms with Crippen LogP contribution in [-0.4, -0.2) is 17.9 Å². The Morgan fingerprint density at radius 2 is 2.32 bits per heavy atom. The van der Waals surface area contributed by atoms with Crippen molar-refractivity contribution in [3.8, 4) is 0 Å². The van der Waals surface area contributed by atoms with E-state index in [1.165, 1.54) is 11.3 Å². The van der Waals surface area contributed by atoms with Crippen LogP contribution >= 0.6 is 11.3 Å². The van der Waals surface area contributed by atoms with Crippen molar-refractivity contribution >= 4 is 27.9 Å². The van der Waals surface area contributed by atoms with Crippen LogP contribution in [0.1, 0.15) is 28.2 Å². The largest absolute Gasteiger partial charge is 0.397 e. The summed E-state index contributed by atoms with van der Waals surface area (Å²) in [5, 5.41) is 6.76. The van der Waals surface area contributed by atoms with Gasteiger partial charge in [0.25, 0.3) is 5.91 Å². The van der Waals surface area contributed by atoms with Crippen molar-refractivity contribution in [2.75, 3.05) is 18.1 Å². The Bertz CT molecular complexity index is 567. The van der Waals surface area contributed by atoms with Gasteiger partial charge in [0.2, 0.25) is 0 Å². The maximum atomic E-state index is 11.6. The molecule has 0 aliphatic carbocycles. The number of nitrogens with two attached hydrogens (primary N) is 1. The number of amides is 1. The zero-order chi connectivity index (χ0) is 13.8. The van der Waals surface area contributed by atoms with Crippen LogP contribution in [0.4, 0.5) is 10.7 Å². The zero-order valence-electron chi connectivity index (χ0n) is 10.8. The van der Waals surface area contributed by atoms with E-state index < -0.39 is 0 Å². The molecule has 6 heteroatoms. The molecule has 100 valence electrons. The second-order valence-corrected chi connectivity index (χ2v) is 5.18. The van der Waals surface area contributed by atoms with Crippen molar-refractivity contribution < 1.29 is 4.79 Å². The zero-order valence-corrected chi connectivity index (χ0v) is 11.6. The average Bonchev–Trinajstić information content (AvgIpc) is 2.79. The highest BCUT2D eigenvalue weighted by atomic mass is 32.1. The Morgan fingerprint density at radius 3 is 2.95 bits per heavy atom. The second kappa shape index (κ2) is 5.71. The maximum Gasteiger partial charge on any atom is 0.263 e. The highest BCUT2D eigenvalue weighted by Gasteiger charge is 2.14. The number of pyridine rings is 1. The Kier molecular flexibility index (Phi) is 4.01. The highest BCUT2D eigenvalue weighted by Crippen LogP contribution is 2.31. The van der Waals surface area contributed by atoms with E-state index in [0.29, 0.717) is 10.6 Å². The maximum absolute atomic E-state index is 11.6. The van der Waals surface area contributed by atoms with Gasteiger partial charge >= 0.3 is 0 Å². The first-order valence-corrected chi connectivity index (χ1v) is 6.71. The summed E-state index contributed by atoms with van der Waals surface area (Å²) in [6.07, 6.45) is 3.55. The van der Waals surface area contributed by atoms with Gasteiger partial charge in [-0.2, -0.15) is 0 Å². The number of thiophene rings is 1. The summed E-state index contributed by atoms with van der Waals surface area (Å²) in [6.45, 7) is 2.03. The van der Waals surface area contributed by atoms with E-state index in [-0.39, 0.29) is 11.9 Å². The Labute approximate surface area is 115 Å². The number of nitrogens with zero attached hydrogens (tertiary/aromatic N) is 1. The van der Waals surface area contributed by atoms with Crippen molar-refractivity contribution in [1.82, 2.24) is 10.3 Å². The van der Waals surface area contributed by atoms with Gasteiger partial charge in [-0.3, -0.25) is 9.78 Å². The summed E-state index contributed by atoms with van der Waals surface area (Å²) in [7, 11) is 1.59. The van der Waals surface area contributed by atoms with Gasteiger partial charge in [-0.05, 0) is 24.6 Å². The van der Waals surface area contributed by atoms with Gasteiger partial charge < -0.3 is 16.4 Å². The lowest BCUT2D eigenvalue weighted by Gasteiger charge is -2.13. The van der Waals surface area contributed by atoms with Crippen LogP contribution < -0.4 is 16.4 Å². The molecule has 5 nitrogen and oxygen atoms in total. The lowest BCUT2D eigenvalue weighted by atomic mass is 10.1. The van der Waals surface area contributed by atoms with Crippen molar-refractivity contribution in [2.24, 2.45) is 0 Å². The minimum atomic E-state index is -0.162. The van der Waals surface area contributed by atoms with Crippen LogP contribution in [0.2, 0.25) is 0 Å². The van der Waals surface area contributed by atoms with Crippen LogP contribution in [0, 0.1) is 0 Å². The van der Waals surface area contributed by atoms with E-state index in [1.54, 1.807) is 19.3 Å². The van der Waals surface area contributed by atoms with Crippen LogP contribution in [0.15, 0.2) is 30.6 Å². The molecule has 0 aromatic carbocycles. The lowest BCUT2D eigenvalue weighted by Crippen LogP contribution is -2.17.